The monoisotopic (exact) mass is 982 g/mol. The lowest BCUT2D eigenvalue weighted by Crippen LogP contribution is -2.63. The fourth-order valence-corrected chi connectivity index (χ4v) is 10.6. The van der Waals surface area contributed by atoms with Crippen LogP contribution in [0, 0.1) is 35.5 Å². The molecule has 0 spiro atoms. The second kappa shape index (κ2) is 28.2. The number of carboxylic acids is 1. The van der Waals surface area contributed by atoms with Gasteiger partial charge in [0, 0.05) is 44.9 Å². The highest BCUT2D eigenvalue weighted by Gasteiger charge is 2.56. The molecule has 0 radical (unpaired) electrons. The molecule has 0 bridgehead atoms. The van der Waals surface area contributed by atoms with Gasteiger partial charge in [-0.2, -0.15) is 0 Å². The first kappa shape index (κ1) is 61.0. The molecule has 2 heterocycles. The van der Waals surface area contributed by atoms with Gasteiger partial charge in [0.15, 0.2) is 5.78 Å². The number of piperidine rings is 1. The molecule has 1 aliphatic carbocycles. The SMILES string of the molecule is CO[C@H]1CCC[C@@H](C[C@@H](C)CCC(=O)[C@H](C)/C=C(\C)[C@@H](OC(C)(C)C)[C@@H](OC)C(=O)[C@H](C)C[C@H](C)/C=C/C=C/C=C(\C)CC[C@@H]2CC[C@@H](C)[C@](OC(C)(C)C)(C(=O)C(=O)N3CCCC[C@H]3C(=O)O)O2)C1. The van der Waals surface area contributed by atoms with Crippen molar-refractivity contribution in [2.45, 2.75) is 234 Å². The summed E-state index contributed by atoms with van der Waals surface area (Å²) in [6.45, 7) is 25.7. The highest BCUT2D eigenvalue weighted by Crippen LogP contribution is 2.41. The first-order valence-corrected chi connectivity index (χ1v) is 26.7. The van der Waals surface area contributed by atoms with Crippen molar-refractivity contribution in [3.05, 3.63) is 47.6 Å². The van der Waals surface area contributed by atoms with Gasteiger partial charge in [-0.1, -0.05) is 89.5 Å². The summed E-state index contributed by atoms with van der Waals surface area (Å²) < 4.78 is 31.0. The maximum Gasteiger partial charge on any atom is 0.326 e. The molecule has 3 rings (SSSR count). The lowest BCUT2D eigenvalue weighted by Gasteiger charge is -2.47. The number of carboxylic acid groups (broad SMARTS) is 1. The van der Waals surface area contributed by atoms with Crippen molar-refractivity contribution in [2.24, 2.45) is 35.5 Å². The van der Waals surface area contributed by atoms with Crippen molar-refractivity contribution in [2.75, 3.05) is 20.8 Å². The van der Waals surface area contributed by atoms with Gasteiger partial charge in [-0.15, -0.1) is 0 Å². The standard InChI is InChI=1S/C58H95NO11/c1-38(27-30-46-31-29-44(7)58(68-46,70-57(11,12)13)53(62)54(63)59-33-20-19-26-48(59)55(64)65)22-17-16-18-23-39(2)34-42(5)50(61)52(67-15)51(69-56(8,9)10)43(6)36-41(4)49(60)32-28-40(3)35-45-24-21-25-47(37-45)66-14/h16-18,22-23,36,39-42,44-48,51-52H,19-21,24-35,37H2,1-15H3,(H,64,65)/b17-16+,23-18+,38-22+,43-36+/t39-,40+,41-,42-,44-,45+,46-,47+,48+,51-,52+,58+/m1/s1. The minimum absolute atomic E-state index is 0.0338. The predicted molar refractivity (Wildman–Crippen MR) is 277 cm³/mol. The van der Waals surface area contributed by atoms with Gasteiger partial charge < -0.3 is 33.7 Å². The number of amides is 1. The zero-order chi connectivity index (χ0) is 52.6. The van der Waals surface area contributed by atoms with E-state index in [1.165, 1.54) is 17.7 Å². The van der Waals surface area contributed by atoms with Crippen LogP contribution in [0.2, 0.25) is 0 Å². The molecule has 398 valence electrons. The minimum atomic E-state index is -1.81. The lowest BCUT2D eigenvalue weighted by molar-refractivity contribution is -0.313. The number of rotatable bonds is 26. The van der Waals surface area contributed by atoms with E-state index in [4.69, 9.17) is 23.7 Å². The molecule has 0 aromatic carbocycles. The van der Waals surface area contributed by atoms with Gasteiger partial charge in [0.2, 0.25) is 5.79 Å². The number of allylic oxidation sites excluding steroid dienone is 7. The third-order valence-corrected chi connectivity index (χ3v) is 14.5. The molecule has 0 aromatic heterocycles. The number of hydrogen-bond donors (Lipinski definition) is 1. The van der Waals surface area contributed by atoms with E-state index in [-0.39, 0.29) is 42.0 Å². The van der Waals surface area contributed by atoms with Crippen LogP contribution in [0.1, 0.15) is 186 Å². The molecule has 12 atom stereocenters. The molecular formula is C58H95NO11. The van der Waals surface area contributed by atoms with Crippen LogP contribution in [0.4, 0.5) is 0 Å². The highest BCUT2D eigenvalue weighted by molar-refractivity contribution is 6.39. The Morgan fingerprint density at radius 3 is 2.17 bits per heavy atom. The van der Waals surface area contributed by atoms with Crippen molar-refractivity contribution in [1.29, 1.82) is 0 Å². The number of ether oxygens (including phenoxy) is 5. The van der Waals surface area contributed by atoms with Crippen LogP contribution < -0.4 is 0 Å². The van der Waals surface area contributed by atoms with E-state index < -0.39 is 58.8 Å². The number of likely N-dealkylation sites (tertiary alicyclic amines) is 1. The molecule has 12 heteroatoms. The van der Waals surface area contributed by atoms with Gasteiger partial charge in [0.1, 0.15) is 24.0 Å². The zero-order valence-electron chi connectivity index (χ0n) is 46.1. The molecule has 3 fully saturated rings. The number of Topliss-reactive ketones (excluding diaryl/α,β-unsaturated/α-hetero) is 3. The third kappa shape index (κ3) is 19.3. The summed E-state index contributed by atoms with van der Waals surface area (Å²) in [4.78, 5) is 68.7. The smallest absolute Gasteiger partial charge is 0.326 e. The van der Waals surface area contributed by atoms with Crippen molar-refractivity contribution in [3.63, 3.8) is 0 Å². The molecule has 1 amide bonds. The van der Waals surface area contributed by atoms with E-state index >= 15 is 0 Å². The quantitative estimate of drug-likeness (QED) is 0.0500. The van der Waals surface area contributed by atoms with Gasteiger partial charge in [0.25, 0.3) is 11.7 Å². The number of nitrogens with zero attached hydrogens (tertiary/aromatic N) is 1. The van der Waals surface area contributed by atoms with Gasteiger partial charge in [-0.25, -0.2) is 4.79 Å². The molecule has 1 N–H and O–H groups in total. The number of ketones is 3. The molecule has 0 unspecified atom stereocenters. The topological polar surface area (TPSA) is 155 Å². The second-order valence-corrected chi connectivity index (χ2v) is 23.4. The summed E-state index contributed by atoms with van der Waals surface area (Å²) in [5.74, 6) is -4.24. The van der Waals surface area contributed by atoms with Crippen LogP contribution in [0.25, 0.3) is 0 Å². The Balaban J connectivity index is 1.59. The van der Waals surface area contributed by atoms with E-state index in [1.807, 2.05) is 114 Å². The fraction of sp³-hybridized carbons (Fsp3) is 0.776. The molecule has 12 nitrogen and oxygen atoms in total. The van der Waals surface area contributed by atoms with Crippen LogP contribution in [0.15, 0.2) is 47.6 Å². The van der Waals surface area contributed by atoms with E-state index in [9.17, 15) is 29.1 Å². The van der Waals surface area contributed by atoms with Gasteiger partial charge in [0.05, 0.1) is 23.4 Å². The van der Waals surface area contributed by atoms with E-state index in [0.717, 1.165) is 36.8 Å². The maximum absolute atomic E-state index is 14.2. The van der Waals surface area contributed by atoms with Crippen molar-refractivity contribution in [1.82, 2.24) is 4.90 Å². The molecule has 0 aromatic rings. The Labute approximate surface area is 423 Å². The van der Waals surface area contributed by atoms with Crippen molar-refractivity contribution >= 4 is 29.2 Å². The van der Waals surface area contributed by atoms with Crippen molar-refractivity contribution < 1.29 is 52.8 Å². The summed E-state index contributed by atoms with van der Waals surface area (Å²) in [5.41, 5.74) is 0.570. The van der Waals surface area contributed by atoms with Crippen LogP contribution in [0.3, 0.4) is 0 Å². The average Bonchev–Trinajstić information content (AvgIpc) is 3.29. The molecule has 2 aliphatic heterocycles. The summed E-state index contributed by atoms with van der Waals surface area (Å²) in [6.07, 6.45) is 22.7. The number of methoxy groups -OCH3 is 2. The van der Waals surface area contributed by atoms with Gasteiger partial charge >= 0.3 is 5.97 Å². The molecule has 1 saturated carbocycles. The summed E-state index contributed by atoms with van der Waals surface area (Å²) in [6, 6.07) is -1.04. The highest BCUT2D eigenvalue weighted by atomic mass is 16.7. The fourth-order valence-electron chi connectivity index (χ4n) is 10.6. The summed E-state index contributed by atoms with van der Waals surface area (Å²) >= 11 is 0. The normalized spacial score (nSPS) is 27.0. The molecule has 3 aliphatic rings. The number of aliphatic carboxylic acids is 1. The Kier molecular flexibility index (Phi) is 24.6. The largest absolute Gasteiger partial charge is 0.480 e. The zero-order valence-corrected chi connectivity index (χ0v) is 46.1. The number of carbonyl (C=O) groups excluding carboxylic acids is 4. The Bertz CT molecular complexity index is 1830. The average molecular weight is 982 g/mol. The van der Waals surface area contributed by atoms with E-state index in [2.05, 4.69) is 19.9 Å². The van der Waals surface area contributed by atoms with Crippen LogP contribution >= 0.6 is 0 Å². The van der Waals surface area contributed by atoms with Gasteiger partial charge in [-0.05, 0) is 156 Å². The maximum atomic E-state index is 14.2. The first-order valence-electron chi connectivity index (χ1n) is 26.7. The minimum Gasteiger partial charge on any atom is -0.480 e. The van der Waals surface area contributed by atoms with E-state index in [1.54, 1.807) is 7.11 Å². The van der Waals surface area contributed by atoms with Gasteiger partial charge in [-0.3, -0.25) is 19.2 Å². The Morgan fingerprint density at radius 2 is 1.54 bits per heavy atom. The molecular weight excluding hydrogens is 887 g/mol. The third-order valence-electron chi connectivity index (χ3n) is 14.5. The Hall–Kier alpha value is -3.29. The van der Waals surface area contributed by atoms with Crippen LogP contribution in [-0.2, 0) is 47.7 Å². The van der Waals surface area contributed by atoms with E-state index in [0.29, 0.717) is 75.7 Å². The van der Waals surface area contributed by atoms with Crippen LogP contribution in [-0.4, -0.2) is 107 Å². The predicted octanol–water partition coefficient (Wildman–Crippen LogP) is 11.8. The number of carbonyl (C=O) groups is 5. The second-order valence-electron chi connectivity index (χ2n) is 23.4. The Morgan fingerprint density at radius 1 is 0.843 bits per heavy atom. The van der Waals surface area contributed by atoms with Crippen LogP contribution in [0.5, 0.6) is 0 Å². The first-order chi connectivity index (χ1) is 32.7. The lowest BCUT2D eigenvalue weighted by atomic mass is 9.80. The summed E-state index contributed by atoms with van der Waals surface area (Å²) in [7, 11) is 3.36. The molecule has 2 saturated heterocycles. The number of hydrogen-bond acceptors (Lipinski definition) is 10. The molecule has 70 heavy (non-hydrogen) atoms. The summed E-state index contributed by atoms with van der Waals surface area (Å²) in [5, 5.41) is 9.83. The van der Waals surface area contributed by atoms with Crippen molar-refractivity contribution in [3.8, 4) is 0 Å².